The molecule has 1 aliphatic rings. The van der Waals surface area contributed by atoms with E-state index in [1.165, 1.54) is 28.1 Å². The summed E-state index contributed by atoms with van der Waals surface area (Å²) in [5, 5.41) is 0. The van der Waals surface area contributed by atoms with Crippen LogP contribution in [-0.4, -0.2) is 6.54 Å². The summed E-state index contributed by atoms with van der Waals surface area (Å²) in [4.78, 5) is 2.31. The van der Waals surface area contributed by atoms with Crippen LogP contribution in [-0.2, 0) is 6.54 Å². The van der Waals surface area contributed by atoms with E-state index in [0.717, 1.165) is 13.1 Å². The van der Waals surface area contributed by atoms with E-state index in [2.05, 4.69) is 90.8 Å². The molecule has 2 nitrogen and oxygen atoms in total. The molecular weight excluding hydrogens is 407 g/mol. The predicted molar refractivity (Wildman–Crippen MR) is 98.0 cm³/mol. The average Bonchev–Trinajstić information content (AvgIpc) is 2.57. The van der Waals surface area contributed by atoms with Gasteiger partial charge >= 0.3 is 0 Å². The number of anilines is 1. The zero-order valence-corrected chi connectivity index (χ0v) is 16.4. The van der Waals surface area contributed by atoms with E-state index < -0.39 is 0 Å². The molecule has 0 radical (unpaired) electrons. The van der Waals surface area contributed by atoms with Crippen LogP contribution in [0, 0.1) is 6.92 Å². The number of halogens is 1. The van der Waals surface area contributed by atoms with E-state index in [1.54, 1.807) is 0 Å². The van der Waals surface area contributed by atoms with Gasteiger partial charge in [0.15, 0.2) is 12.4 Å². The third-order valence-corrected chi connectivity index (χ3v) is 4.13. The summed E-state index contributed by atoms with van der Waals surface area (Å²) < 4.78 is 2.16. The van der Waals surface area contributed by atoms with Crippen molar-refractivity contribution >= 4 is 17.8 Å². The highest BCUT2D eigenvalue weighted by atomic mass is 127. The molecule has 0 fully saturated rings. The molecule has 0 unspecified atom stereocenters. The lowest BCUT2D eigenvalue weighted by Gasteiger charge is -2.29. The fourth-order valence-electron chi connectivity index (χ4n) is 2.86. The summed E-state index contributed by atoms with van der Waals surface area (Å²) in [6.07, 6.45) is 12.8. The maximum absolute atomic E-state index is 3.91. The van der Waals surface area contributed by atoms with E-state index in [-0.39, 0.29) is 24.0 Å². The number of allylic oxidation sites excluding steroid dienone is 1. The summed E-state index contributed by atoms with van der Waals surface area (Å²) in [5.74, 6) is 0. The molecule has 3 heteroatoms. The second-order valence-corrected chi connectivity index (χ2v) is 5.83. The van der Waals surface area contributed by atoms with Gasteiger partial charge in [0.1, 0.15) is 6.54 Å². The molecule has 2 heterocycles. The second-order valence-electron chi connectivity index (χ2n) is 5.83. The summed E-state index contributed by atoms with van der Waals surface area (Å²) in [5.41, 5.74) is 6.19. The van der Waals surface area contributed by atoms with Gasteiger partial charge in [0.05, 0.1) is 0 Å². The summed E-state index contributed by atoms with van der Waals surface area (Å²) in [6, 6.07) is 10.9. The molecule has 0 saturated carbocycles. The number of hydrogen-bond acceptors (Lipinski definition) is 1. The van der Waals surface area contributed by atoms with Crippen LogP contribution < -0.4 is 33.4 Å². The van der Waals surface area contributed by atoms with Crippen molar-refractivity contribution in [3.63, 3.8) is 0 Å². The lowest BCUT2D eigenvalue weighted by atomic mass is 10.0. The highest BCUT2D eigenvalue weighted by molar-refractivity contribution is 5.80. The molecule has 0 saturated heterocycles. The van der Waals surface area contributed by atoms with Crippen LogP contribution in [0.3, 0.4) is 0 Å². The molecule has 124 valence electrons. The fraction of sp³-hybridized carbons (Fsp3) is 0.190. The first-order valence-corrected chi connectivity index (χ1v) is 8.09. The van der Waals surface area contributed by atoms with E-state index in [4.69, 9.17) is 0 Å². The third-order valence-electron chi connectivity index (χ3n) is 4.13. The zero-order chi connectivity index (χ0) is 16.2. The van der Waals surface area contributed by atoms with Gasteiger partial charge in [-0.3, -0.25) is 0 Å². The maximum Gasteiger partial charge on any atom is 0.169 e. The standard InChI is InChI=1S/C21H23N2.HI/c1-4-12-23-20(16-18-10-13-22(5-2)14-11-18)8-7-19-15-17(3)6-9-21(19)23;/h4,6-11,13-16H,1,5,12H2,2-3H3;1H/q+1;/p-1. The van der Waals surface area contributed by atoms with Gasteiger partial charge in [-0.15, -0.1) is 6.58 Å². The number of fused-ring (bicyclic) bond motifs is 1. The second kappa shape index (κ2) is 8.29. The van der Waals surface area contributed by atoms with Gasteiger partial charge in [-0.1, -0.05) is 23.8 Å². The largest absolute Gasteiger partial charge is 1.00 e. The van der Waals surface area contributed by atoms with Crippen molar-refractivity contribution in [3.8, 4) is 0 Å². The molecule has 0 atom stereocenters. The van der Waals surface area contributed by atoms with Gasteiger partial charge in [0.2, 0.25) is 0 Å². The molecule has 3 rings (SSSR count). The highest BCUT2D eigenvalue weighted by Crippen LogP contribution is 2.32. The van der Waals surface area contributed by atoms with Crippen LogP contribution in [0.1, 0.15) is 23.6 Å². The summed E-state index contributed by atoms with van der Waals surface area (Å²) in [6.45, 7) is 9.98. The third kappa shape index (κ3) is 3.96. The highest BCUT2D eigenvalue weighted by Gasteiger charge is 2.16. The first-order valence-electron chi connectivity index (χ1n) is 8.09. The van der Waals surface area contributed by atoms with Gasteiger partial charge in [0.25, 0.3) is 0 Å². The van der Waals surface area contributed by atoms with Crippen molar-refractivity contribution in [2.75, 3.05) is 11.4 Å². The first-order chi connectivity index (χ1) is 11.2. The Bertz CT molecular complexity index is 773. The van der Waals surface area contributed by atoms with E-state index in [0.29, 0.717) is 0 Å². The summed E-state index contributed by atoms with van der Waals surface area (Å²) in [7, 11) is 0. The normalized spacial score (nSPS) is 14.2. The minimum Gasteiger partial charge on any atom is -1.00 e. The van der Waals surface area contributed by atoms with Crippen molar-refractivity contribution < 1.29 is 28.5 Å². The van der Waals surface area contributed by atoms with Crippen molar-refractivity contribution in [1.82, 2.24) is 0 Å². The van der Waals surface area contributed by atoms with Crippen molar-refractivity contribution in [2.45, 2.75) is 20.4 Å². The van der Waals surface area contributed by atoms with E-state index in [9.17, 15) is 0 Å². The van der Waals surface area contributed by atoms with Crippen molar-refractivity contribution in [1.29, 1.82) is 0 Å². The smallest absolute Gasteiger partial charge is 0.169 e. The van der Waals surface area contributed by atoms with Crippen LogP contribution in [0.15, 0.2) is 67.2 Å². The maximum atomic E-state index is 3.91. The number of aromatic nitrogens is 1. The fourth-order valence-corrected chi connectivity index (χ4v) is 2.86. The molecule has 1 aromatic carbocycles. The first kappa shape index (κ1) is 18.5. The topological polar surface area (TPSA) is 7.12 Å². The van der Waals surface area contributed by atoms with Crippen LogP contribution in [0.4, 0.5) is 5.69 Å². The Labute approximate surface area is 161 Å². The van der Waals surface area contributed by atoms with Crippen LogP contribution in [0.5, 0.6) is 0 Å². The van der Waals surface area contributed by atoms with E-state index >= 15 is 0 Å². The Hall–Kier alpha value is -1.88. The Morgan fingerprint density at radius 1 is 1.12 bits per heavy atom. The van der Waals surface area contributed by atoms with Crippen molar-refractivity contribution in [2.24, 2.45) is 0 Å². The minimum atomic E-state index is 0. The zero-order valence-electron chi connectivity index (χ0n) is 14.2. The van der Waals surface area contributed by atoms with Gasteiger partial charge in [0, 0.05) is 30.1 Å². The number of benzene rings is 1. The Balaban J connectivity index is 0.00000208. The SMILES string of the molecule is C=CCN1/C(=C\c2cc[n+](CC)cc2)C=Cc2cc(C)ccc21.[I-]. The molecular formula is C21H23IN2. The van der Waals surface area contributed by atoms with Crippen LogP contribution in [0.2, 0.25) is 0 Å². The molecule has 24 heavy (non-hydrogen) atoms. The average molecular weight is 430 g/mol. The monoisotopic (exact) mass is 430 g/mol. The Kier molecular flexibility index (Phi) is 6.37. The molecule has 0 N–H and O–H groups in total. The number of hydrogen-bond donors (Lipinski definition) is 0. The number of aryl methyl sites for hydroxylation is 2. The molecule has 0 bridgehead atoms. The van der Waals surface area contributed by atoms with Gasteiger partial charge < -0.3 is 28.9 Å². The predicted octanol–water partition coefficient (Wildman–Crippen LogP) is 1.37. The molecule has 1 aromatic heterocycles. The van der Waals surface area contributed by atoms with E-state index in [1.807, 2.05) is 6.08 Å². The molecule has 1 aliphatic heterocycles. The lowest BCUT2D eigenvalue weighted by Crippen LogP contribution is -3.00. The minimum absolute atomic E-state index is 0. The van der Waals surface area contributed by atoms with Gasteiger partial charge in [-0.2, -0.15) is 0 Å². The van der Waals surface area contributed by atoms with Crippen molar-refractivity contribution in [3.05, 3.63) is 83.8 Å². The van der Waals surface area contributed by atoms with Crippen LogP contribution >= 0.6 is 0 Å². The molecule has 0 aliphatic carbocycles. The van der Waals surface area contributed by atoms with Gasteiger partial charge in [-0.05, 0) is 49.3 Å². The quantitative estimate of drug-likeness (QED) is 0.404. The number of nitrogens with zero attached hydrogens (tertiary/aromatic N) is 2. The molecule has 0 amide bonds. The van der Waals surface area contributed by atoms with Crippen LogP contribution in [0.25, 0.3) is 12.2 Å². The van der Waals surface area contributed by atoms with Gasteiger partial charge in [-0.25, -0.2) is 4.57 Å². The molecule has 0 spiro atoms. The Morgan fingerprint density at radius 3 is 2.54 bits per heavy atom. The number of rotatable bonds is 4. The molecule has 2 aromatic rings. The number of pyridine rings is 1. The lowest BCUT2D eigenvalue weighted by molar-refractivity contribution is -0.693. The Morgan fingerprint density at radius 2 is 1.88 bits per heavy atom. The summed E-state index contributed by atoms with van der Waals surface area (Å²) >= 11 is 0.